The number of hydrogen-bond donors (Lipinski definition) is 1. The zero-order valence-electron chi connectivity index (χ0n) is 9.50. The highest BCUT2D eigenvalue weighted by molar-refractivity contribution is 5.14. The van der Waals surface area contributed by atoms with Gasteiger partial charge in [0, 0.05) is 12.1 Å². The topological polar surface area (TPSA) is 43.8 Å². The van der Waals surface area contributed by atoms with Crippen molar-refractivity contribution in [3.63, 3.8) is 0 Å². The number of alkyl halides is 3. The molecule has 1 aromatic heterocycles. The fourth-order valence-corrected chi connectivity index (χ4v) is 2.37. The van der Waals surface area contributed by atoms with Gasteiger partial charge in [0.2, 0.25) is 0 Å². The Hall–Kier alpha value is -1.04. The van der Waals surface area contributed by atoms with E-state index in [9.17, 15) is 13.2 Å². The molecular weight excluding hydrogens is 231 g/mol. The summed E-state index contributed by atoms with van der Waals surface area (Å²) in [5.41, 5.74) is 5.23. The molecule has 1 aromatic rings. The van der Waals surface area contributed by atoms with E-state index in [1.54, 1.807) is 4.68 Å². The van der Waals surface area contributed by atoms with E-state index >= 15 is 0 Å². The van der Waals surface area contributed by atoms with Crippen molar-refractivity contribution in [3.05, 3.63) is 17.5 Å². The molecule has 1 aliphatic carbocycles. The Kier molecular flexibility index (Phi) is 3.42. The van der Waals surface area contributed by atoms with Gasteiger partial charge in [-0.3, -0.25) is 4.68 Å². The summed E-state index contributed by atoms with van der Waals surface area (Å²) in [4.78, 5) is 0. The lowest BCUT2D eigenvalue weighted by Gasteiger charge is -2.13. The molecule has 0 radical (unpaired) electrons. The molecule has 1 fully saturated rings. The average molecular weight is 247 g/mol. The molecule has 17 heavy (non-hydrogen) atoms. The zero-order chi connectivity index (χ0) is 12.5. The Bertz CT molecular complexity index is 378. The van der Waals surface area contributed by atoms with E-state index in [0.29, 0.717) is 18.7 Å². The molecule has 0 aromatic carbocycles. The van der Waals surface area contributed by atoms with Crippen molar-refractivity contribution in [2.75, 3.05) is 6.54 Å². The molecule has 0 unspecified atom stereocenters. The van der Waals surface area contributed by atoms with E-state index in [0.717, 1.165) is 31.7 Å². The van der Waals surface area contributed by atoms with Crippen LogP contribution in [0.25, 0.3) is 0 Å². The fraction of sp³-hybridized carbons (Fsp3) is 0.727. The number of aromatic nitrogens is 2. The normalized spacial score (nSPS) is 17.9. The zero-order valence-corrected chi connectivity index (χ0v) is 9.50. The third-order valence-corrected chi connectivity index (χ3v) is 3.17. The average Bonchev–Trinajstić information content (AvgIpc) is 2.83. The van der Waals surface area contributed by atoms with Crippen LogP contribution in [0.5, 0.6) is 0 Å². The predicted octanol–water partition coefficient (Wildman–Crippen LogP) is 2.52. The van der Waals surface area contributed by atoms with Gasteiger partial charge in [0.15, 0.2) is 5.69 Å². The van der Waals surface area contributed by atoms with E-state index < -0.39 is 11.9 Å². The first-order valence-corrected chi connectivity index (χ1v) is 5.88. The third kappa shape index (κ3) is 2.62. The molecule has 2 rings (SSSR count). The van der Waals surface area contributed by atoms with Gasteiger partial charge in [-0.1, -0.05) is 12.8 Å². The van der Waals surface area contributed by atoms with Gasteiger partial charge in [-0.2, -0.15) is 18.3 Å². The van der Waals surface area contributed by atoms with Crippen LogP contribution in [-0.4, -0.2) is 16.3 Å². The van der Waals surface area contributed by atoms with Crippen molar-refractivity contribution in [2.45, 2.75) is 44.3 Å². The molecule has 2 N–H and O–H groups in total. The Balaban J connectivity index is 2.31. The van der Waals surface area contributed by atoms with Gasteiger partial charge in [0.1, 0.15) is 0 Å². The number of halogens is 3. The lowest BCUT2D eigenvalue weighted by molar-refractivity contribution is -0.141. The molecule has 0 bridgehead atoms. The summed E-state index contributed by atoms with van der Waals surface area (Å²) >= 11 is 0. The highest BCUT2D eigenvalue weighted by Gasteiger charge is 2.35. The molecule has 0 aliphatic heterocycles. The predicted molar refractivity (Wildman–Crippen MR) is 57.5 cm³/mol. The van der Waals surface area contributed by atoms with Crippen molar-refractivity contribution >= 4 is 0 Å². The van der Waals surface area contributed by atoms with Gasteiger partial charge in [0.25, 0.3) is 0 Å². The number of hydrogen-bond acceptors (Lipinski definition) is 2. The molecule has 3 nitrogen and oxygen atoms in total. The van der Waals surface area contributed by atoms with E-state index in [4.69, 9.17) is 5.73 Å². The SMILES string of the molecule is NCCc1cc(C(F)(F)F)nn1C1CCCC1. The number of rotatable bonds is 3. The van der Waals surface area contributed by atoms with Crippen LogP contribution in [0.15, 0.2) is 6.07 Å². The molecule has 0 saturated heterocycles. The third-order valence-electron chi connectivity index (χ3n) is 3.17. The minimum absolute atomic E-state index is 0.118. The second-order valence-corrected chi connectivity index (χ2v) is 4.44. The van der Waals surface area contributed by atoms with Gasteiger partial charge in [-0.05, 0) is 25.5 Å². The molecule has 0 atom stereocenters. The lowest BCUT2D eigenvalue weighted by Crippen LogP contribution is -2.14. The quantitative estimate of drug-likeness (QED) is 0.891. The van der Waals surface area contributed by atoms with E-state index in [1.807, 2.05) is 0 Å². The molecule has 6 heteroatoms. The fourth-order valence-electron chi connectivity index (χ4n) is 2.37. The van der Waals surface area contributed by atoms with Crippen molar-refractivity contribution in [2.24, 2.45) is 5.73 Å². The Labute approximate surface area is 97.8 Å². The maximum absolute atomic E-state index is 12.6. The largest absolute Gasteiger partial charge is 0.435 e. The van der Waals surface area contributed by atoms with Crippen LogP contribution in [0, 0.1) is 0 Å². The van der Waals surface area contributed by atoms with E-state index in [-0.39, 0.29) is 6.04 Å². The summed E-state index contributed by atoms with van der Waals surface area (Å²) in [7, 11) is 0. The maximum atomic E-state index is 12.6. The minimum Gasteiger partial charge on any atom is -0.330 e. The van der Waals surface area contributed by atoms with Crippen LogP contribution in [-0.2, 0) is 12.6 Å². The molecule has 1 aliphatic rings. The van der Waals surface area contributed by atoms with Crippen LogP contribution in [0.3, 0.4) is 0 Å². The van der Waals surface area contributed by atoms with Crippen molar-refractivity contribution in [1.29, 1.82) is 0 Å². The van der Waals surface area contributed by atoms with Gasteiger partial charge in [0.05, 0.1) is 6.04 Å². The van der Waals surface area contributed by atoms with E-state index in [2.05, 4.69) is 5.10 Å². The first kappa shape index (κ1) is 12.4. The number of nitrogens with two attached hydrogens (primary N) is 1. The second kappa shape index (κ2) is 4.68. The molecule has 96 valence electrons. The van der Waals surface area contributed by atoms with Crippen molar-refractivity contribution < 1.29 is 13.2 Å². The van der Waals surface area contributed by atoms with Gasteiger partial charge < -0.3 is 5.73 Å². The first-order valence-electron chi connectivity index (χ1n) is 5.88. The van der Waals surface area contributed by atoms with Gasteiger partial charge >= 0.3 is 6.18 Å². The lowest BCUT2D eigenvalue weighted by atomic mass is 10.2. The van der Waals surface area contributed by atoms with Gasteiger partial charge in [-0.25, -0.2) is 0 Å². The summed E-state index contributed by atoms with van der Waals surface area (Å²) < 4.78 is 39.3. The van der Waals surface area contributed by atoms with Crippen LogP contribution in [0.2, 0.25) is 0 Å². The van der Waals surface area contributed by atoms with Crippen molar-refractivity contribution in [3.8, 4) is 0 Å². The monoisotopic (exact) mass is 247 g/mol. The summed E-state index contributed by atoms with van der Waals surface area (Å²) in [6.45, 7) is 0.343. The van der Waals surface area contributed by atoms with Crippen LogP contribution in [0.4, 0.5) is 13.2 Å². The summed E-state index contributed by atoms with van der Waals surface area (Å²) in [6.07, 6.45) is 0.0295. The standard InChI is InChI=1S/C11H16F3N3/c12-11(13,14)10-7-9(5-6-15)17(16-10)8-3-1-2-4-8/h7-8H,1-6,15H2. The van der Waals surface area contributed by atoms with Crippen LogP contribution in [0.1, 0.15) is 43.1 Å². The summed E-state index contributed by atoms with van der Waals surface area (Å²) in [5.74, 6) is 0. The Morgan fingerprint density at radius 1 is 1.35 bits per heavy atom. The van der Waals surface area contributed by atoms with Crippen molar-refractivity contribution in [1.82, 2.24) is 9.78 Å². The second-order valence-electron chi connectivity index (χ2n) is 4.44. The highest BCUT2D eigenvalue weighted by Crippen LogP contribution is 2.34. The van der Waals surface area contributed by atoms with Crippen LogP contribution < -0.4 is 5.73 Å². The smallest absolute Gasteiger partial charge is 0.330 e. The molecular formula is C11H16F3N3. The summed E-state index contributed by atoms with van der Waals surface area (Å²) in [6, 6.07) is 1.25. The molecule has 1 heterocycles. The van der Waals surface area contributed by atoms with Crippen LogP contribution >= 0.6 is 0 Å². The Morgan fingerprint density at radius 2 is 2.00 bits per heavy atom. The van der Waals surface area contributed by atoms with Gasteiger partial charge in [-0.15, -0.1) is 0 Å². The number of nitrogens with zero attached hydrogens (tertiary/aromatic N) is 2. The molecule has 0 amide bonds. The maximum Gasteiger partial charge on any atom is 0.435 e. The summed E-state index contributed by atoms with van der Waals surface area (Å²) in [5, 5.41) is 3.72. The molecule has 0 spiro atoms. The first-order chi connectivity index (χ1) is 8.02. The highest BCUT2D eigenvalue weighted by atomic mass is 19.4. The molecule has 1 saturated carbocycles. The minimum atomic E-state index is -4.37. The Morgan fingerprint density at radius 3 is 2.53 bits per heavy atom. The van der Waals surface area contributed by atoms with E-state index in [1.165, 1.54) is 0 Å².